The Labute approximate surface area is 87.8 Å². The molecule has 82 valence electrons. The van der Waals surface area contributed by atoms with Crippen LogP contribution in [0.1, 0.15) is 46.0 Å². The summed E-state index contributed by atoms with van der Waals surface area (Å²) < 4.78 is 0. The number of rotatable bonds is 1. The average Bonchev–Trinajstić information content (AvgIpc) is 2.57. The quantitative estimate of drug-likeness (QED) is 0.695. The van der Waals surface area contributed by atoms with Gasteiger partial charge in [-0.3, -0.25) is 4.90 Å². The van der Waals surface area contributed by atoms with Crippen molar-refractivity contribution in [2.75, 3.05) is 6.54 Å². The molecule has 14 heavy (non-hydrogen) atoms. The molecular formula is C12H24N2. The minimum atomic E-state index is 0.447. The van der Waals surface area contributed by atoms with Gasteiger partial charge in [0.05, 0.1) is 0 Å². The van der Waals surface area contributed by atoms with Crippen LogP contribution in [-0.4, -0.2) is 29.6 Å². The molecule has 1 aliphatic carbocycles. The molecule has 2 heteroatoms. The van der Waals surface area contributed by atoms with Gasteiger partial charge in [0.2, 0.25) is 0 Å². The molecule has 0 spiro atoms. The molecule has 1 aliphatic heterocycles. The summed E-state index contributed by atoms with van der Waals surface area (Å²) in [4.78, 5) is 2.69. The highest BCUT2D eigenvalue weighted by atomic mass is 15.2. The third kappa shape index (κ3) is 1.82. The van der Waals surface area contributed by atoms with Crippen molar-refractivity contribution in [3.05, 3.63) is 0 Å². The van der Waals surface area contributed by atoms with Gasteiger partial charge < -0.3 is 5.73 Å². The number of hydrogen-bond donors (Lipinski definition) is 1. The smallest absolute Gasteiger partial charge is 0.0250 e. The lowest BCUT2D eigenvalue weighted by Crippen LogP contribution is -2.52. The first-order valence-corrected chi connectivity index (χ1v) is 6.21. The Bertz CT molecular complexity index is 193. The Morgan fingerprint density at radius 3 is 2.50 bits per heavy atom. The van der Waals surface area contributed by atoms with E-state index >= 15 is 0 Å². The fraction of sp³-hybridized carbons (Fsp3) is 1.00. The third-order valence-electron chi connectivity index (χ3n) is 4.38. The summed E-state index contributed by atoms with van der Waals surface area (Å²) in [5.41, 5.74) is 6.18. The summed E-state index contributed by atoms with van der Waals surface area (Å²) in [5.74, 6) is 0.858. The fourth-order valence-electron chi connectivity index (χ4n) is 3.22. The molecular weight excluding hydrogens is 172 g/mol. The van der Waals surface area contributed by atoms with E-state index in [4.69, 9.17) is 5.73 Å². The lowest BCUT2D eigenvalue weighted by molar-refractivity contribution is 0.0641. The van der Waals surface area contributed by atoms with Gasteiger partial charge in [-0.15, -0.1) is 0 Å². The molecule has 2 rings (SSSR count). The summed E-state index contributed by atoms with van der Waals surface area (Å²) in [6.45, 7) is 6.05. The summed E-state index contributed by atoms with van der Waals surface area (Å²) in [5, 5.41) is 0. The molecule has 0 radical (unpaired) electrons. The van der Waals surface area contributed by atoms with E-state index in [1.165, 1.54) is 38.6 Å². The molecule has 1 saturated heterocycles. The minimum absolute atomic E-state index is 0.447. The highest BCUT2D eigenvalue weighted by molar-refractivity contribution is 4.92. The Morgan fingerprint density at radius 2 is 1.86 bits per heavy atom. The molecule has 0 bridgehead atoms. The third-order valence-corrected chi connectivity index (χ3v) is 4.38. The second-order valence-electron chi connectivity index (χ2n) is 5.26. The Morgan fingerprint density at radius 1 is 1.07 bits per heavy atom. The number of nitrogens with zero attached hydrogens (tertiary/aromatic N) is 1. The Balaban J connectivity index is 2.01. The Hall–Kier alpha value is -0.0800. The summed E-state index contributed by atoms with van der Waals surface area (Å²) in [6.07, 6.45) is 6.68. The summed E-state index contributed by atoms with van der Waals surface area (Å²) in [7, 11) is 0. The maximum absolute atomic E-state index is 6.18. The van der Waals surface area contributed by atoms with Crippen LogP contribution in [0.3, 0.4) is 0 Å². The maximum atomic E-state index is 6.18. The van der Waals surface area contributed by atoms with E-state index in [-0.39, 0.29) is 0 Å². The number of likely N-dealkylation sites (tertiary alicyclic amines) is 1. The highest BCUT2D eigenvalue weighted by Gasteiger charge is 2.35. The van der Waals surface area contributed by atoms with Crippen molar-refractivity contribution in [3.63, 3.8) is 0 Å². The number of piperidine rings is 1. The van der Waals surface area contributed by atoms with Gasteiger partial charge in [-0.05, 0) is 45.1 Å². The first-order valence-electron chi connectivity index (χ1n) is 6.21. The van der Waals surface area contributed by atoms with Crippen LogP contribution in [0.2, 0.25) is 0 Å². The predicted molar refractivity (Wildman–Crippen MR) is 60.2 cm³/mol. The molecule has 1 saturated carbocycles. The molecule has 4 unspecified atom stereocenters. The van der Waals surface area contributed by atoms with E-state index in [0.29, 0.717) is 12.1 Å². The van der Waals surface area contributed by atoms with Crippen molar-refractivity contribution in [1.82, 2.24) is 4.90 Å². The minimum Gasteiger partial charge on any atom is -0.326 e. The van der Waals surface area contributed by atoms with Gasteiger partial charge in [0.15, 0.2) is 0 Å². The molecule has 2 fully saturated rings. The fourth-order valence-corrected chi connectivity index (χ4v) is 3.22. The van der Waals surface area contributed by atoms with Crippen LogP contribution >= 0.6 is 0 Å². The summed E-state index contributed by atoms with van der Waals surface area (Å²) >= 11 is 0. The normalized spacial score (nSPS) is 45.6. The van der Waals surface area contributed by atoms with Crippen LogP contribution in [0.15, 0.2) is 0 Å². The van der Waals surface area contributed by atoms with Gasteiger partial charge in [0.25, 0.3) is 0 Å². The Kier molecular flexibility index (Phi) is 3.13. The zero-order valence-electron chi connectivity index (χ0n) is 9.58. The van der Waals surface area contributed by atoms with Crippen molar-refractivity contribution < 1.29 is 0 Å². The van der Waals surface area contributed by atoms with Gasteiger partial charge in [0.1, 0.15) is 0 Å². The van der Waals surface area contributed by atoms with Crippen molar-refractivity contribution in [3.8, 4) is 0 Å². The molecule has 2 aliphatic rings. The van der Waals surface area contributed by atoms with Crippen LogP contribution in [-0.2, 0) is 0 Å². The SMILES string of the molecule is CC1CCCN(C2CCCC2N)C1C. The van der Waals surface area contributed by atoms with Crippen LogP contribution in [0.25, 0.3) is 0 Å². The molecule has 0 aromatic carbocycles. The molecule has 4 atom stereocenters. The monoisotopic (exact) mass is 196 g/mol. The molecule has 0 amide bonds. The van der Waals surface area contributed by atoms with Crippen LogP contribution in [0, 0.1) is 5.92 Å². The van der Waals surface area contributed by atoms with Gasteiger partial charge in [-0.25, -0.2) is 0 Å². The standard InChI is InChI=1S/C12H24N2/c1-9-5-4-8-14(10(9)2)12-7-3-6-11(12)13/h9-12H,3-8,13H2,1-2H3. The van der Waals surface area contributed by atoms with E-state index in [2.05, 4.69) is 18.7 Å². The van der Waals surface area contributed by atoms with E-state index in [0.717, 1.165) is 12.0 Å². The van der Waals surface area contributed by atoms with Crippen LogP contribution in [0.4, 0.5) is 0 Å². The van der Waals surface area contributed by atoms with Crippen LogP contribution < -0.4 is 5.73 Å². The lowest BCUT2D eigenvalue weighted by atomic mass is 9.90. The number of hydrogen-bond acceptors (Lipinski definition) is 2. The molecule has 1 heterocycles. The first-order chi connectivity index (χ1) is 6.70. The second-order valence-corrected chi connectivity index (χ2v) is 5.26. The van der Waals surface area contributed by atoms with Crippen molar-refractivity contribution >= 4 is 0 Å². The van der Waals surface area contributed by atoms with Crippen molar-refractivity contribution in [1.29, 1.82) is 0 Å². The van der Waals surface area contributed by atoms with E-state index in [9.17, 15) is 0 Å². The van der Waals surface area contributed by atoms with Gasteiger partial charge in [-0.1, -0.05) is 13.3 Å². The highest BCUT2D eigenvalue weighted by Crippen LogP contribution is 2.31. The van der Waals surface area contributed by atoms with E-state index < -0.39 is 0 Å². The number of nitrogens with two attached hydrogens (primary N) is 1. The van der Waals surface area contributed by atoms with Crippen LogP contribution in [0.5, 0.6) is 0 Å². The lowest BCUT2D eigenvalue weighted by Gasteiger charge is -2.43. The predicted octanol–water partition coefficient (Wildman–Crippen LogP) is 1.99. The first kappa shape index (κ1) is 10.4. The zero-order valence-corrected chi connectivity index (χ0v) is 9.58. The zero-order chi connectivity index (χ0) is 10.1. The van der Waals surface area contributed by atoms with Gasteiger partial charge in [-0.2, -0.15) is 0 Å². The maximum Gasteiger partial charge on any atom is 0.0250 e. The molecule has 0 aromatic heterocycles. The average molecular weight is 196 g/mol. The van der Waals surface area contributed by atoms with E-state index in [1.807, 2.05) is 0 Å². The molecule has 2 N–H and O–H groups in total. The second kappa shape index (κ2) is 4.19. The van der Waals surface area contributed by atoms with Gasteiger partial charge >= 0.3 is 0 Å². The van der Waals surface area contributed by atoms with Crippen molar-refractivity contribution in [2.45, 2.75) is 64.1 Å². The van der Waals surface area contributed by atoms with Crippen molar-refractivity contribution in [2.24, 2.45) is 11.7 Å². The van der Waals surface area contributed by atoms with E-state index in [1.54, 1.807) is 0 Å². The largest absolute Gasteiger partial charge is 0.326 e. The summed E-state index contributed by atoms with van der Waals surface area (Å²) in [6, 6.07) is 1.88. The molecule has 0 aromatic rings. The topological polar surface area (TPSA) is 29.3 Å². The van der Waals surface area contributed by atoms with Gasteiger partial charge in [0, 0.05) is 18.1 Å². The molecule has 2 nitrogen and oxygen atoms in total.